The van der Waals surface area contributed by atoms with Crippen LogP contribution >= 0.6 is 34.9 Å². The second-order valence-electron chi connectivity index (χ2n) is 4.21. The zero-order chi connectivity index (χ0) is 12.2. The normalized spacial score (nSPS) is 24.3. The summed E-state index contributed by atoms with van der Waals surface area (Å²) in [6.45, 7) is 4.64. The van der Waals surface area contributed by atoms with E-state index in [4.69, 9.17) is 4.74 Å². The third kappa shape index (κ3) is 3.23. The van der Waals surface area contributed by atoms with E-state index in [1.807, 2.05) is 34.9 Å². The summed E-state index contributed by atoms with van der Waals surface area (Å²) in [5.74, 6) is 1.16. The van der Waals surface area contributed by atoms with Crippen LogP contribution in [-0.4, -0.2) is 53.9 Å². The Morgan fingerprint density at radius 2 is 2.33 bits per heavy atom. The van der Waals surface area contributed by atoms with Crippen molar-refractivity contribution in [2.75, 3.05) is 38.6 Å². The lowest BCUT2D eigenvalue weighted by molar-refractivity contribution is 0.0693. The van der Waals surface area contributed by atoms with Crippen molar-refractivity contribution in [1.29, 1.82) is 0 Å². The maximum absolute atomic E-state index is 5.37. The van der Waals surface area contributed by atoms with Crippen molar-refractivity contribution in [3.63, 3.8) is 0 Å². The molecule has 1 fully saturated rings. The van der Waals surface area contributed by atoms with Crippen LogP contribution in [0.4, 0.5) is 0 Å². The second-order valence-corrected chi connectivity index (χ2v) is 7.74. The molecule has 3 nitrogen and oxygen atoms in total. The minimum absolute atomic E-state index is 0.634. The highest BCUT2D eigenvalue weighted by atomic mass is 32.2. The van der Waals surface area contributed by atoms with Gasteiger partial charge in [0.25, 0.3) is 0 Å². The van der Waals surface area contributed by atoms with Crippen LogP contribution in [-0.2, 0) is 4.74 Å². The second kappa shape index (κ2) is 6.32. The molecule has 2 aliphatic rings. The van der Waals surface area contributed by atoms with Gasteiger partial charge in [0.15, 0.2) is 5.17 Å². The Balaban J connectivity index is 1.45. The zero-order valence-electron chi connectivity index (χ0n) is 10.1. The molecule has 0 unspecified atom stereocenters. The lowest BCUT2D eigenvalue weighted by Crippen LogP contribution is -2.39. The van der Waals surface area contributed by atoms with Crippen LogP contribution in [0.25, 0.3) is 0 Å². The van der Waals surface area contributed by atoms with Gasteiger partial charge < -0.3 is 9.64 Å². The smallest absolute Gasteiger partial charge is 0.159 e. The molecule has 1 saturated heterocycles. The molecule has 0 saturated carbocycles. The van der Waals surface area contributed by atoms with Gasteiger partial charge in [0, 0.05) is 24.1 Å². The van der Waals surface area contributed by atoms with Gasteiger partial charge in [0.2, 0.25) is 0 Å². The number of rotatable bonds is 3. The Morgan fingerprint density at radius 3 is 3.11 bits per heavy atom. The Labute approximate surface area is 120 Å². The lowest BCUT2D eigenvalue weighted by Gasteiger charge is -2.28. The molecule has 18 heavy (non-hydrogen) atoms. The van der Waals surface area contributed by atoms with Crippen LogP contribution in [0.1, 0.15) is 0 Å². The highest BCUT2D eigenvalue weighted by Crippen LogP contribution is 2.31. The Morgan fingerprint density at radius 1 is 1.44 bits per heavy atom. The highest BCUT2D eigenvalue weighted by Gasteiger charge is 2.25. The lowest BCUT2D eigenvalue weighted by atomic mass is 10.4. The third-order valence-corrected chi connectivity index (χ3v) is 6.64. The first-order valence-corrected chi connectivity index (χ1v) is 8.86. The molecule has 1 aromatic heterocycles. The first-order valence-electron chi connectivity index (χ1n) is 6.12. The molecular weight excluding hydrogens is 284 g/mol. The monoisotopic (exact) mass is 300 g/mol. The maximum atomic E-state index is 5.37. The molecular formula is C12H16N2OS3. The topological polar surface area (TPSA) is 24.8 Å². The van der Waals surface area contributed by atoms with Crippen molar-refractivity contribution < 1.29 is 4.74 Å². The van der Waals surface area contributed by atoms with E-state index in [1.54, 1.807) is 0 Å². The van der Waals surface area contributed by atoms with Gasteiger partial charge in [0.05, 0.1) is 24.0 Å². The number of nitrogens with zero attached hydrogens (tertiary/aromatic N) is 2. The summed E-state index contributed by atoms with van der Waals surface area (Å²) in [6, 6.07) is 4.31. The minimum atomic E-state index is 0.634. The number of ether oxygens (including phenoxy) is 1. The molecule has 0 aliphatic carbocycles. The van der Waals surface area contributed by atoms with Crippen molar-refractivity contribution in [2.24, 2.45) is 4.99 Å². The summed E-state index contributed by atoms with van der Waals surface area (Å²) < 4.78 is 6.79. The zero-order valence-corrected chi connectivity index (χ0v) is 12.5. The molecule has 1 atom stereocenters. The summed E-state index contributed by atoms with van der Waals surface area (Å²) in [5, 5.41) is 4.00. The van der Waals surface area contributed by atoms with Crippen molar-refractivity contribution in [2.45, 2.75) is 9.46 Å². The van der Waals surface area contributed by atoms with E-state index in [9.17, 15) is 0 Å². The fraction of sp³-hybridized carbons (Fsp3) is 0.583. The quantitative estimate of drug-likeness (QED) is 0.801. The first-order chi connectivity index (χ1) is 8.92. The Bertz CT molecular complexity index is 401. The van der Waals surface area contributed by atoms with Crippen LogP contribution in [0.15, 0.2) is 26.7 Å². The third-order valence-electron chi connectivity index (χ3n) is 2.89. The number of hydrogen-bond donors (Lipinski definition) is 0. The standard InChI is InChI=1S/C12H16N2OS3/c1-2-11(16-7-1)17-9-10-8-13-12(18-10)14-3-5-15-6-4-14/h1-2,7,10H,3-6,8-9H2/t10-/m0/s1. The number of thioether (sulfide) groups is 2. The van der Waals surface area contributed by atoms with Crippen molar-refractivity contribution in [1.82, 2.24) is 4.90 Å². The molecule has 3 rings (SSSR count). The van der Waals surface area contributed by atoms with Gasteiger partial charge in [-0.15, -0.1) is 23.1 Å². The summed E-state index contributed by atoms with van der Waals surface area (Å²) >= 11 is 5.72. The molecule has 98 valence electrons. The number of amidine groups is 1. The van der Waals surface area contributed by atoms with Gasteiger partial charge in [-0.1, -0.05) is 17.8 Å². The predicted octanol–water partition coefficient (Wildman–Crippen LogP) is 2.64. The van der Waals surface area contributed by atoms with Crippen LogP contribution in [0, 0.1) is 0 Å². The van der Waals surface area contributed by atoms with Crippen LogP contribution < -0.4 is 0 Å². The van der Waals surface area contributed by atoms with Crippen LogP contribution in [0.5, 0.6) is 0 Å². The van der Waals surface area contributed by atoms with E-state index in [1.165, 1.54) is 9.38 Å². The molecule has 0 radical (unpaired) electrons. The molecule has 0 aromatic carbocycles. The predicted molar refractivity (Wildman–Crippen MR) is 81.1 cm³/mol. The number of aliphatic imine (C=N–C) groups is 1. The fourth-order valence-electron chi connectivity index (χ4n) is 1.94. The summed E-state index contributed by atoms with van der Waals surface area (Å²) in [5.41, 5.74) is 0. The van der Waals surface area contributed by atoms with E-state index < -0.39 is 0 Å². The first kappa shape index (κ1) is 12.8. The maximum Gasteiger partial charge on any atom is 0.159 e. The Kier molecular flexibility index (Phi) is 4.51. The number of morpholine rings is 1. The van der Waals surface area contributed by atoms with Gasteiger partial charge in [-0.2, -0.15) is 0 Å². The molecule has 6 heteroatoms. The van der Waals surface area contributed by atoms with E-state index in [0.717, 1.165) is 38.6 Å². The molecule has 0 amide bonds. The summed E-state index contributed by atoms with van der Waals surface area (Å²) in [6.07, 6.45) is 0. The van der Waals surface area contributed by atoms with E-state index in [0.29, 0.717) is 5.25 Å². The Hall–Kier alpha value is -0.170. The molecule has 0 bridgehead atoms. The summed E-state index contributed by atoms with van der Waals surface area (Å²) in [4.78, 5) is 7.05. The van der Waals surface area contributed by atoms with Gasteiger partial charge in [0.1, 0.15) is 0 Å². The molecule has 1 aromatic rings. The minimum Gasteiger partial charge on any atom is -0.378 e. The van der Waals surface area contributed by atoms with Gasteiger partial charge >= 0.3 is 0 Å². The van der Waals surface area contributed by atoms with E-state index in [2.05, 4.69) is 27.4 Å². The van der Waals surface area contributed by atoms with Gasteiger partial charge in [-0.05, 0) is 11.4 Å². The highest BCUT2D eigenvalue weighted by molar-refractivity contribution is 8.15. The van der Waals surface area contributed by atoms with Crippen molar-refractivity contribution in [3.05, 3.63) is 17.5 Å². The molecule has 2 aliphatic heterocycles. The van der Waals surface area contributed by atoms with Crippen LogP contribution in [0.2, 0.25) is 0 Å². The molecule has 0 spiro atoms. The van der Waals surface area contributed by atoms with E-state index >= 15 is 0 Å². The fourth-order valence-corrected chi connectivity index (χ4v) is 5.07. The summed E-state index contributed by atoms with van der Waals surface area (Å²) in [7, 11) is 0. The van der Waals surface area contributed by atoms with E-state index in [-0.39, 0.29) is 0 Å². The number of thiophene rings is 1. The largest absolute Gasteiger partial charge is 0.378 e. The SMILES string of the molecule is c1csc(SC[C@@H]2CN=C(N3CCOCC3)S2)c1. The van der Waals surface area contributed by atoms with Gasteiger partial charge in [-0.25, -0.2) is 0 Å². The van der Waals surface area contributed by atoms with Gasteiger partial charge in [-0.3, -0.25) is 4.99 Å². The van der Waals surface area contributed by atoms with Crippen molar-refractivity contribution in [3.8, 4) is 0 Å². The van der Waals surface area contributed by atoms with Crippen LogP contribution in [0.3, 0.4) is 0 Å². The van der Waals surface area contributed by atoms with Crippen molar-refractivity contribution >= 4 is 40.0 Å². The average molecular weight is 300 g/mol. The number of hydrogen-bond acceptors (Lipinski definition) is 6. The molecule has 3 heterocycles. The molecule has 0 N–H and O–H groups in total. The average Bonchev–Trinajstić information content (AvgIpc) is 3.09.